The van der Waals surface area contributed by atoms with Crippen molar-refractivity contribution in [2.24, 2.45) is 5.41 Å². The number of amides is 1. The van der Waals surface area contributed by atoms with E-state index >= 15 is 0 Å². The summed E-state index contributed by atoms with van der Waals surface area (Å²) in [5, 5.41) is 2.80. The van der Waals surface area contributed by atoms with Gasteiger partial charge in [0.2, 0.25) is 11.7 Å². The van der Waals surface area contributed by atoms with Gasteiger partial charge in [0.15, 0.2) is 17.6 Å². The molecule has 2 aromatic rings. The van der Waals surface area contributed by atoms with Gasteiger partial charge in [0, 0.05) is 16.7 Å². The molecule has 0 saturated carbocycles. The third-order valence-corrected chi connectivity index (χ3v) is 4.46. The van der Waals surface area contributed by atoms with Crippen LogP contribution in [0.2, 0.25) is 0 Å². The second kappa shape index (κ2) is 10.1. The topological polar surface area (TPSA) is 90.9 Å². The molecule has 0 aliphatic carbocycles. The lowest BCUT2D eigenvalue weighted by Gasteiger charge is -2.18. The van der Waals surface area contributed by atoms with Crippen molar-refractivity contribution < 1.29 is 28.6 Å². The maximum Gasteiger partial charge on any atom is 0.338 e. The molecule has 0 bridgehead atoms. The van der Waals surface area contributed by atoms with Crippen molar-refractivity contribution in [1.29, 1.82) is 0 Å². The second-order valence-corrected chi connectivity index (χ2v) is 7.99. The monoisotopic (exact) mass is 427 g/mol. The molecule has 1 amide bonds. The largest absolute Gasteiger partial charge is 0.493 e. The molecular formula is C24H29NO6. The molecule has 31 heavy (non-hydrogen) atoms. The predicted octanol–water partition coefficient (Wildman–Crippen LogP) is 4.51. The van der Waals surface area contributed by atoms with Crippen LogP contribution >= 0.6 is 0 Å². The highest BCUT2D eigenvalue weighted by Gasteiger charge is 2.23. The summed E-state index contributed by atoms with van der Waals surface area (Å²) < 4.78 is 16.0. The number of methoxy groups -OCH3 is 1. The number of nitrogens with one attached hydrogen (secondary N) is 1. The van der Waals surface area contributed by atoms with Crippen molar-refractivity contribution in [2.75, 3.05) is 19.0 Å². The molecule has 0 saturated heterocycles. The zero-order chi connectivity index (χ0) is 23.2. The van der Waals surface area contributed by atoms with Crippen LogP contribution in [-0.4, -0.2) is 37.5 Å². The Balaban J connectivity index is 2.06. The van der Waals surface area contributed by atoms with Gasteiger partial charge in [-0.1, -0.05) is 20.8 Å². The molecule has 2 aromatic carbocycles. The van der Waals surface area contributed by atoms with E-state index < -0.39 is 17.5 Å². The van der Waals surface area contributed by atoms with E-state index in [1.807, 2.05) is 27.7 Å². The molecular weight excluding hydrogens is 398 g/mol. The fourth-order valence-electron chi connectivity index (χ4n) is 2.63. The van der Waals surface area contributed by atoms with Crippen LogP contribution in [0, 0.1) is 5.41 Å². The average molecular weight is 427 g/mol. The number of ether oxygens (including phenoxy) is 3. The lowest BCUT2D eigenvalue weighted by molar-refractivity contribution is -0.123. The first-order valence-corrected chi connectivity index (χ1v) is 10.0. The van der Waals surface area contributed by atoms with Crippen LogP contribution in [0.1, 0.15) is 55.3 Å². The van der Waals surface area contributed by atoms with Crippen LogP contribution in [0.3, 0.4) is 0 Å². The molecule has 0 spiro atoms. The van der Waals surface area contributed by atoms with Gasteiger partial charge in [0.25, 0.3) is 0 Å². The van der Waals surface area contributed by atoms with Crippen molar-refractivity contribution in [2.45, 2.75) is 40.7 Å². The highest BCUT2D eigenvalue weighted by Crippen LogP contribution is 2.28. The number of benzene rings is 2. The van der Waals surface area contributed by atoms with E-state index in [0.29, 0.717) is 29.4 Å². The summed E-state index contributed by atoms with van der Waals surface area (Å²) in [4.78, 5) is 37.2. The fraction of sp³-hybridized carbons (Fsp3) is 0.375. The number of hydrogen-bond donors (Lipinski definition) is 1. The van der Waals surface area contributed by atoms with E-state index in [2.05, 4.69) is 5.32 Å². The molecule has 1 N–H and O–H groups in total. The first-order valence-electron chi connectivity index (χ1n) is 10.0. The third kappa shape index (κ3) is 6.31. The van der Waals surface area contributed by atoms with Crippen molar-refractivity contribution in [3.05, 3.63) is 53.6 Å². The lowest BCUT2D eigenvalue weighted by atomic mass is 9.95. The number of carbonyl (C=O) groups is 3. The minimum absolute atomic E-state index is 0.125. The predicted molar refractivity (Wildman–Crippen MR) is 118 cm³/mol. The van der Waals surface area contributed by atoms with Gasteiger partial charge >= 0.3 is 5.97 Å². The van der Waals surface area contributed by atoms with Crippen LogP contribution in [-0.2, 0) is 9.53 Å². The summed E-state index contributed by atoms with van der Waals surface area (Å²) in [5.74, 6) is -0.189. The van der Waals surface area contributed by atoms with Crippen molar-refractivity contribution in [1.82, 2.24) is 0 Å². The van der Waals surface area contributed by atoms with E-state index in [9.17, 15) is 14.4 Å². The number of ketones is 1. The number of Topliss-reactive ketones (excluding diaryl/α,β-unsaturated/α-hetero) is 1. The molecule has 0 unspecified atom stereocenters. The van der Waals surface area contributed by atoms with Gasteiger partial charge in [-0.2, -0.15) is 0 Å². The van der Waals surface area contributed by atoms with Crippen LogP contribution in [0.25, 0.3) is 0 Å². The van der Waals surface area contributed by atoms with Crippen molar-refractivity contribution >= 4 is 23.3 Å². The summed E-state index contributed by atoms with van der Waals surface area (Å²) >= 11 is 0. The summed E-state index contributed by atoms with van der Waals surface area (Å²) in [6.07, 6.45) is -0.986. The van der Waals surface area contributed by atoms with E-state index in [4.69, 9.17) is 14.2 Å². The molecule has 1 atom stereocenters. The molecule has 7 nitrogen and oxygen atoms in total. The first-order chi connectivity index (χ1) is 14.6. The number of rotatable bonds is 8. The summed E-state index contributed by atoms with van der Waals surface area (Å²) in [7, 11) is 1.51. The van der Waals surface area contributed by atoms with E-state index in [-0.39, 0.29) is 17.3 Å². The normalized spacial score (nSPS) is 11.9. The standard InChI is InChI=1S/C24H29NO6/c1-7-30-20-14-17(10-13-19(20)29-6)22(27)31-15(2)21(26)16-8-11-18(12-9-16)25-23(28)24(3,4)5/h8-15H,7H2,1-6H3,(H,25,28)/t15-/m0/s1. The Morgan fingerprint density at radius 3 is 2.13 bits per heavy atom. The molecule has 166 valence electrons. The summed E-state index contributed by atoms with van der Waals surface area (Å²) in [6.45, 7) is 9.20. The third-order valence-electron chi connectivity index (χ3n) is 4.46. The van der Waals surface area contributed by atoms with Crippen LogP contribution in [0.15, 0.2) is 42.5 Å². The first kappa shape index (κ1) is 23.9. The van der Waals surface area contributed by atoms with Crippen LogP contribution in [0.4, 0.5) is 5.69 Å². The van der Waals surface area contributed by atoms with Gasteiger partial charge in [-0.25, -0.2) is 4.79 Å². The van der Waals surface area contributed by atoms with Gasteiger partial charge in [-0.3, -0.25) is 9.59 Å². The quantitative estimate of drug-likeness (QED) is 0.492. The van der Waals surface area contributed by atoms with Gasteiger partial charge < -0.3 is 19.5 Å². The van der Waals surface area contributed by atoms with Gasteiger partial charge in [-0.05, 0) is 56.3 Å². The minimum atomic E-state index is -0.986. The zero-order valence-corrected chi connectivity index (χ0v) is 18.8. The molecule has 7 heteroatoms. The molecule has 0 heterocycles. The lowest BCUT2D eigenvalue weighted by Crippen LogP contribution is -2.27. The molecule has 0 fully saturated rings. The zero-order valence-electron chi connectivity index (χ0n) is 18.8. The van der Waals surface area contributed by atoms with Gasteiger partial charge in [-0.15, -0.1) is 0 Å². The summed E-state index contributed by atoms with van der Waals surface area (Å²) in [6, 6.07) is 11.1. The van der Waals surface area contributed by atoms with E-state index in [0.717, 1.165) is 0 Å². The van der Waals surface area contributed by atoms with Gasteiger partial charge in [0.1, 0.15) is 0 Å². The Morgan fingerprint density at radius 2 is 1.58 bits per heavy atom. The second-order valence-electron chi connectivity index (χ2n) is 7.99. The Bertz CT molecular complexity index is 944. The molecule has 2 rings (SSSR count). The highest BCUT2D eigenvalue weighted by atomic mass is 16.5. The number of esters is 1. The van der Waals surface area contributed by atoms with E-state index in [1.165, 1.54) is 20.1 Å². The maximum absolute atomic E-state index is 12.7. The SMILES string of the molecule is CCOc1cc(C(=O)O[C@@H](C)C(=O)c2ccc(NC(=O)C(C)(C)C)cc2)ccc1OC. The molecule has 0 aliphatic rings. The maximum atomic E-state index is 12.7. The Labute approximate surface area is 182 Å². The van der Waals surface area contributed by atoms with E-state index in [1.54, 1.807) is 36.4 Å². The molecule has 0 radical (unpaired) electrons. The van der Waals surface area contributed by atoms with Crippen LogP contribution in [0.5, 0.6) is 11.5 Å². The fourth-order valence-corrected chi connectivity index (χ4v) is 2.63. The molecule has 0 aromatic heterocycles. The molecule has 0 aliphatic heterocycles. The number of hydrogen-bond acceptors (Lipinski definition) is 6. The Hall–Kier alpha value is -3.35. The van der Waals surface area contributed by atoms with Crippen LogP contribution < -0.4 is 14.8 Å². The summed E-state index contributed by atoms with van der Waals surface area (Å²) in [5.41, 5.74) is 0.687. The number of anilines is 1. The van der Waals surface area contributed by atoms with Crippen molar-refractivity contribution in [3.63, 3.8) is 0 Å². The smallest absolute Gasteiger partial charge is 0.338 e. The van der Waals surface area contributed by atoms with Gasteiger partial charge in [0.05, 0.1) is 19.3 Å². The number of carbonyl (C=O) groups excluding carboxylic acids is 3. The Kier molecular flexibility index (Phi) is 7.80. The minimum Gasteiger partial charge on any atom is -0.493 e. The highest BCUT2D eigenvalue weighted by molar-refractivity contribution is 6.02. The average Bonchev–Trinajstić information content (AvgIpc) is 2.73. The van der Waals surface area contributed by atoms with Crippen molar-refractivity contribution in [3.8, 4) is 11.5 Å². The Morgan fingerprint density at radius 1 is 0.968 bits per heavy atom.